The van der Waals surface area contributed by atoms with Gasteiger partial charge in [0, 0.05) is 6.04 Å². The lowest BCUT2D eigenvalue weighted by atomic mass is 9.98. The van der Waals surface area contributed by atoms with Crippen molar-refractivity contribution in [3.05, 3.63) is 35.6 Å². The zero-order valence-corrected chi connectivity index (χ0v) is 14.1. The van der Waals surface area contributed by atoms with Gasteiger partial charge in [-0.1, -0.05) is 32.4 Å². The van der Waals surface area contributed by atoms with Crippen LogP contribution in [0, 0.1) is 11.7 Å². The molecule has 22 heavy (non-hydrogen) atoms. The predicted molar refractivity (Wildman–Crippen MR) is 88.3 cm³/mol. The Morgan fingerprint density at radius 2 is 1.86 bits per heavy atom. The van der Waals surface area contributed by atoms with Crippen molar-refractivity contribution in [2.24, 2.45) is 11.7 Å². The third kappa shape index (κ3) is 6.30. The van der Waals surface area contributed by atoms with E-state index in [9.17, 15) is 14.3 Å². The SMILES string of the molecule is CCC(C)C(N)C(=O)NC(C)CC(O)c1ccc(F)cc1.Cl. The molecule has 4 atom stereocenters. The van der Waals surface area contributed by atoms with Crippen molar-refractivity contribution in [3.8, 4) is 0 Å². The van der Waals surface area contributed by atoms with E-state index in [1.807, 2.05) is 20.8 Å². The molecule has 0 aliphatic rings. The van der Waals surface area contributed by atoms with E-state index in [1.54, 1.807) is 12.1 Å². The predicted octanol–water partition coefficient (Wildman–Crippen LogP) is 2.55. The van der Waals surface area contributed by atoms with Gasteiger partial charge in [-0.2, -0.15) is 0 Å². The number of halogens is 2. The summed E-state index contributed by atoms with van der Waals surface area (Å²) in [5.41, 5.74) is 6.49. The molecule has 0 heterocycles. The number of rotatable bonds is 7. The van der Waals surface area contributed by atoms with Gasteiger partial charge in [-0.25, -0.2) is 4.39 Å². The summed E-state index contributed by atoms with van der Waals surface area (Å²) < 4.78 is 12.8. The van der Waals surface area contributed by atoms with Gasteiger partial charge < -0.3 is 16.2 Å². The van der Waals surface area contributed by atoms with Crippen LogP contribution in [0.15, 0.2) is 24.3 Å². The molecule has 0 aromatic heterocycles. The van der Waals surface area contributed by atoms with E-state index in [0.717, 1.165) is 6.42 Å². The standard InChI is InChI=1S/C16H25FN2O2.ClH/c1-4-10(2)15(18)16(21)19-11(3)9-14(20)12-5-7-13(17)8-6-12;/h5-8,10-11,14-15,20H,4,9,18H2,1-3H3,(H,19,21);1H. The normalized spacial score (nSPS) is 16.1. The number of carbonyl (C=O) groups excluding carboxylic acids is 1. The van der Waals surface area contributed by atoms with Crippen LogP contribution in [0.5, 0.6) is 0 Å². The summed E-state index contributed by atoms with van der Waals surface area (Å²) in [6.07, 6.45) is 0.437. The average Bonchev–Trinajstić information content (AvgIpc) is 2.45. The van der Waals surface area contributed by atoms with Gasteiger partial charge in [0.25, 0.3) is 0 Å². The Bertz CT molecular complexity index is 456. The van der Waals surface area contributed by atoms with Gasteiger partial charge in [-0.05, 0) is 37.0 Å². The molecule has 1 rings (SSSR count). The number of aliphatic hydroxyl groups is 1. The quantitative estimate of drug-likeness (QED) is 0.718. The van der Waals surface area contributed by atoms with Gasteiger partial charge in [0.1, 0.15) is 5.82 Å². The molecule has 0 spiro atoms. The lowest BCUT2D eigenvalue weighted by Crippen LogP contribution is -2.47. The minimum absolute atomic E-state index is 0. The number of amides is 1. The minimum Gasteiger partial charge on any atom is -0.388 e. The first-order valence-electron chi connectivity index (χ1n) is 7.34. The number of nitrogens with one attached hydrogen (secondary N) is 1. The van der Waals surface area contributed by atoms with E-state index >= 15 is 0 Å². The van der Waals surface area contributed by atoms with Crippen molar-refractivity contribution in [2.75, 3.05) is 0 Å². The summed E-state index contributed by atoms with van der Waals surface area (Å²) in [5, 5.41) is 12.9. The number of nitrogens with two attached hydrogens (primary N) is 1. The maximum atomic E-state index is 12.8. The van der Waals surface area contributed by atoms with Crippen LogP contribution in [-0.2, 0) is 4.79 Å². The molecule has 0 aliphatic carbocycles. The minimum atomic E-state index is -0.749. The molecular formula is C16H26ClFN2O2. The van der Waals surface area contributed by atoms with Crippen LogP contribution in [0.1, 0.15) is 45.3 Å². The smallest absolute Gasteiger partial charge is 0.237 e. The highest BCUT2D eigenvalue weighted by Crippen LogP contribution is 2.18. The van der Waals surface area contributed by atoms with E-state index in [4.69, 9.17) is 5.73 Å². The third-order valence-electron chi connectivity index (χ3n) is 3.78. The Morgan fingerprint density at radius 1 is 1.32 bits per heavy atom. The van der Waals surface area contributed by atoms with Crippen LogP contribution in [0.25, 0.3) is 0 Å². The lowest BCUT2D eigenvalue weighted by Gasteiger charge is -2.22. The maximum Gasteiger partial charge on any atom is 0.237 e. The number of carbonyl (C=O) groups is 1. The first kappa shape index (κ1) is 20.8. The van der Waals surface area contributed by atoms with Crippen LogP contribution in [0.2, 0.25) is 0 Å². The van der Waals surface area contributed by atoms with Gasteiger partial charge in [-0.3, -0.25) is 4.79 Å². The highest BCUT2D eigenvalue weighted by atomic mass is 35.5. The molecule has 0 aliphatic heterocycles. The Morgan fingerprint density at radius 3 is 2.36 bits per heavy atom. The largest absolute Gasteiger partial charge is 0.388 e. The monoisotopic (exact) mass is 332 g/mol. The Kier molecular flexibility index (Phi) is 9.25. The van der Waals surface area contributed by atoms with E-state index in [2.05, 4.69) is 5.32 Å². The number of hydrogen-bond acceptors (Lipinski definition) is 3. The number of aliphatic hydroxyl groups excluding tert-OH is 1. The lowest BCUT2D eigenvalue weighted by molar-refractivity contribution is -0.124. The molecule has 0 saturated heterocycles. The molecule has 4 unspecified atom stereocenters. The highest BCUT2D eigenvalue weighted by Gasteiger charge is 2.22. The molecule has 0 bridgehead atoms. The summed E-state index contributed by atoms with van der Waals surface area (Å²) in [7, 11) is 0. The molecule has 1 aromatic rings. The zero-order chi connectivity index (χ0) is 16.0. The molecule has 4 N–H and O–H groups in total. The summed E-state index contributed by atoms with van der Waals surface area (Å²) in [4.78, 5) is 11.9. The van der Waals surface area contributed by atoms with Gasteiger partial charge in [0.05, 0.1) is 12.1 Å². The van der Waals surface area contributed by atoms with Crippen LogP contribution in [-0.4, -0.2) is 23.1 Å². The van der Waals surface area contributed by atoms with E-state index in [0.29, 0.717) is 12.0 Å². The fraction of sp³-hybridized carbons (Fsp3) is 0.562. The van der Waals surface area contributed by atoms with Gasteiger partial charge in [-0.15, -0.1) is 12.4 Å². The molecule has 1 amide bonds. The molecule has 0 radical (unpaired) electrons. The average molecular weight is 333 g/mol. The molecular weight excluding hydrogens is 307 g/mol. The van der Waals surface area contributed by atoms with E-state index < -0.39 is 12.1 Å². The topological polar surface area (TPSA) is 75.4 Å². The van der Waals surface area contributed by atoms with Gasteiger partial charge in [0.15, 0.2) is 0 Å². The second-order valence-electron chi connectivity index (χ2n) is 5.62. The van der Waals surface area contributed by atoms with Crippen molar-refractivity contribution in [1.29, 1.82) is 0 Å². The Hall–Kier alpha value is -1.17. The summed E-state index contributed by atoms with van der Waals surface area (Å²) in [5.74, 6) is -0.436. The molecule has 6 heteroatoms. The third-order valence-corrected chi connectivity index (χ3v) is 3.78. The van der Waals surface area contributed by atoms with Crippen LogP contribution >= 0.6 is 12.4 Å². The van der Waals surface area contributed by atoms with Gasteiger partial charge >= 0.3 is 0 Å². The highest BCUT2D eigenvalue weighted by molar-refractivity contribution is 5.85. The molecule has 4 nitrogen and oxygen atoms in total. The maximum absolute atomic E-state index is 12.8. The molecule has 126 valence electrons. The second kappa shape index (κ2) is 9.77. The number of hydrogen-bond donors (Lipinski definition) is 3. The second-order valence-corrected chi connectivity index (χ2v) is 5.62. The fourth-order valence-corrected chi connectivity index (χ4v) is 2.07. The van der Waals surface area contributed by atoms with Crippen molar-refractivity contribution >= 4 is 18.3 Å². The fourth-order valence-electron chi connectivity index (χ4n) is 2.07. The van der Waals surface area contributed by atoms with Crippen LogP contribution in [0.4, 0.5) is 4.39 Å². The molecule has 0 fully saturated rings. The summed E-state index contributed by atoms with van der Waals surface area (Å²) >= 11 is 0. The Labute approximate surface area is 137 Å². The van der Waals surface area contributed by atoms with Gasteiger partial charge in [0.2, 0.25) is 5.91 Å². The first-order valence-corrected chi connectivity index (χ1v) is 7.34. The molecule has 1 aromatic carbocycles. The van der Waals surface area contributed by atoms with Crippen LogP contribution in [0.3, 0.4) is 0 Å². The zero-order valence-electron chi connectivity index (χ0n) is 13.3. The van der Waals surface area contributed by atoms with Crippen molar-refractivity contribution in [1.82, 2.24) is 5.32 Å². The summed E-state index contributed by atoms with van der Waals surface area (Å²) in [6.45, 7) is 5.73. The van der Waals surface area contributed by atoms with Crippen molar-refractivity contribution in [2.45, 2.75) is 51.8 Å². The summed E-state index contributed by atoms with van der Waals surface area (Å²) in [6, 6.07) is 4.94. The van der Waals surface area contributed by atoms with E-state index in [-0.39, 0.29) is 36.1 Å². The van der Waals surface area contributed by atoms with Crippen molar-refractivity contribution in [3.63, 3.8) is 0 Å². The Balaban J connectivity index is 0.00000441. The van der Waals surface area contributed by atoms with Crippen LogP contribution < -0.4 is 11.1 Å². The van der Waals surface area contributed by atoms with Crippen molar-refractivity contribution < 1.29 is 14.3 Å². The number of benzene rings is 1. The first-order chi connectivity index (χ1) is 9.85. The molecule has 0 saturated carbocycles. The van der Waals surface area contributed by atoms with E-state index in [1.165, 1.54) is 12.1 Å².